The standard InChI is InChI=1S/C19H22ClN3O4S/c1-4-17(23(28(3,26)27)14-8-5-7-13(20)11-14)19(25)22-16-10-6-9-15(12(16)2)18(21)24/h5-11,17H,4H2,1-3H3,(H2,21,24)(H,22,25). The monoisotopic (exact) mass is 423 g/mol. The van der Waals surface area contributed by atoms with Crippen molar-refractivity contribution in [3.63, 3.8) is 0 Å². The van der Waals surface area contributed by atoms with Crippen LogP contribution in [0.1, 0.15) is 29.3 Å². The molecular formula is C19H22ClN3O4S. The first-order valence-corrected chi connectivity index (χ1v) is 10.7. The van der Waals surface area contributed by atoms with Crippen LogP contribution >= 0.6 is 11.6 Å². The summed E-state index contributed by atoms with van der Waals surface area (Å²) < 4.78 is 25.9. The molecule has 2 aromatic rings. The number of nitrogens with zero attached hydrogens (tertiary/aromatic N) is 1. The number of anilines is 2. The van der Waals surface area contributed by atoms with Crippen LogP contribution in [0.25, 0.3) is 0 Å². The van der Waals surface area contributed by atoms with Crippen LogP contribution in [0.15, 0.2) is 42.5 Å². The molecule has 0 spiro atoms. The van der Waals surface area contributed by atoms with Gasteiger partial charge in [-0.3, -0.25) is 13.9 Å². The number of sulfonamides is 1. The van der Waals surface area contributed by atoms with E-state index in [0.29, 0.717) is 22.0 Å². The lowest BCUT2D eigenvalue weighted by molar-refractivity contribution is -0.117. The number of rotatable bonds is 7. The molecule has 0 fully saturated rings. The Balaban J connectivity index is 2.43. The van der Waals surface area contributed by atoms with Gasteiger partial charge in [-0.2, -0.15) is 0 Å². The van der Waals surface area contributed by atoms with E-state index >= 15 is 0 Å². The first kappa shape index (κ1) is 21.7. The molecule has 0 aliphatic carbocycles. The van der Waals surface area contributed by atoms with E-state index < -0.39 is 27.9 Å². The summed E-state index contributed by atoms with van der Waals surface area (Å²) in [7, 11) is -3.78. The zero-order valence-electron chi connectivity index (χ0n) is 15.8. The molecular weight excluding hydrogens is 402 g/mol. The molecule has 0 heterocycles. The highest BCUT2D eigenvalue weighted by Crippen LogP contribution is 2.26. The lowest BCUT2D eigenvalue weighted by Crippen LogP contribution is -2.47. The van der Waals surface area contributed by atoms with Gasteiger partial charge in [-0.1, -0.05) is 30.7 Å². The van der Waals surface area contributed by atoms with Gasteiger partial charge in [-0.05, 0) is 49.2 Å². The van der Waals surface area contributed by atoms with Crippen LogP contribution in [0.4, 0.5) is 11.4 Å². The Labute approximate surface area is 169 Å². The van der Waals surface area contributed by atoms with Crippen LogP contribution in [0.2, 0.25) is 5.02 Å². The molecule has 1 unspecified atom stereocenters. The normalized spacial score (nSPS) is 12.3. The van der Waals surface area contributed by atoms with E-state index in [1.54, 1.807) is 50.2 Å². The van der Waals surface area contributed by atoms with Gasteiger partial charge in [0, 0.05) is 16.3 Å². The maximum Gasteiger partial charge on any atom is 0.249 e. The van der Waals surface area contributed by atoms with Crippen molar-refractivity contribution in [1.82, 2.24) is 0 Å². The van der Waals surface area contributed by atoms with Crippen molar-refractivity contribution in [3.05, 3.63) is 58.6 Å². The number of carbonyl (C=O) groups is 2. The molecule has 28 heavy (non-hydrogen) atoms. The van der Waals surface area contributed by atoms with Crippen LogP contribution in [0.5, 0.6) is 0 Å². The third kappa shape index (κ3) is 4.82. The second kappa shape index (κ2) is 8.62. The summed E-state index contributed by atoms with van der Waals surface area (Å²) in [5.41, 5.74) is 6.81. The average Bonchev–Trinajstić information content (AvgIpc) is 2.59. The van der Waals surface area contributed by atoms with E-state index in [4.69, 9.17) is 17.3 Å². The number of halogens is 1. The van der Waals surface area contributed by atoms with Gasteiger partial charge in [-0.25, -0.2) is 8.42 Å². The average molecular weight is 424 g/mol. The minimum atomic E-state index is -3.78. The zero-order chi connectivity index (χ0) is 21.1. The van der Waals surface area contributed by atoms with E-state index in [-0.39, 0.29) is 12.0 Å². The largest absolute Gasteiger partial charge is 0.366 e. The fourth-order valence-corrected chi connectivity index (χ4v) is 4.32. The van der Waals surface area contributed by atoms with E-state index in [2.05, 4.69) is 5.32 Å². The molecule has 0 aliphatic heterocycles. The second-order valence-corrected chi connectivity index (χ2v) is 8.59. The van der Waals surface area contributed by atoms with E-state index in [1.165, 1.54) is 6.07 Å². The first-order valence-electron chi connectivity index (χ1n) is 8.51. The maximum absolute atomic E-state index is 13.0. The Morgan fingerprint density at radius 1 is 1.21 bits per heavy atom. The molecule has 0 radical (unpaired) electrons. The molecule has 150 valence electrons. The summed E-state index contributed by atoms with van der Waals surface area (Å²) >= 11 is 6.00. The number of carbonyl (C=O) groups excluding carboxylic acids is 2. The SMILES string of the molecule is CCC(C(=O)Nc1cccc(C(N)=O)c1C)N(c1cccc(Cl)c1)S(C)(=O)=O. The number of benzene rings is 2. The molecule has 2 rings (SSSR count). The van der Waals surface area contributed by atoms with Gasteiger partial charge in [0.2, 0.25) is 21.8 Å². The summed E-state index contributed by atoms with van der Waals surface area (Å²) in [4.78, 5) is 24.5. The molecule has 0 saturated heterocycles. The molecule has 9 heteroatoms. The van der Waals surface area contributed by atoms with Gasteiger partial charge in [-0.15, -0.1) is 0 Å². The highest BCUT2D eigenvalue weighted by atomic mass is 35.5. The van der Waals surface area contributed by atoms with Crippen LogP contribution in [0, 0.1) is 6.92 Å². The van der Waals surface area contributed by atoms with Crippen LogP contribution in [-0.2, 0) is 14.8 Å². The summed E-state index contributed by atoms with van der Waals surface area (Å²) in [5, 5.41) is 3.06. The fourth-order valence-electron chi connectivity index (χ4n) is 2.93. The maximum atomic E-state index is 13.0. The van der Waals surface area contributed by atoms with E-state index in [9.17, 15) is 18.0 Å². The van der Waals surface area contributed by atoms with Crippen molar-refractivity contribution >= 4 is 44.8 Å². The molecule has 0 bridgehead atoms. The summed E-state index contributed by atoms with van der Waals surface area (Å²) in [6.07, 6.45) is 1.25. The minimum absolute atomic E-state index is 0.222. The van der Waals surface area contributed by atoms with Crippen molar-refractivity contribution in [2.24, 2.45) is 5.73 Å². The van der Waals surface area contributed by atoms with Gasteiger partial charge < -0.3 is 11.1 Å². The van der Waals surface area contributed by atoms with Gasteiger partial charge in [0.15, 0.2) is 0 Å². The van der Waals surface area contributed by atoms with Crippen molar-refractivity contribution in [2.45, 2.75) is 26.3 Å². The number of nitrogens with one attached hydrogen (secondary N) is 1. The van der Waals surface area contributed by atoms with Gasteiger partial charge >= 0.3 is 0 Å². The molecule has 0 aliphatic rings. The molecule has 1 atom stereocenters. The number of nitrogens with two attached hydrogens (primary N) is 1. The van der Waals surface area contributed by atoms with Crippen LogP contribution in [0.3, 0.4) is 0 Å². The molecule has 2 amide bonds. The molecule has 3 N–H and O–H groups in total. The van der Waals surface area contributed by atoms with Crippen molar-refractivity contribution in [1.29, 1.82) is 0 Å². The number of hydrogen-bond acceptors (Lipinski definition) is 4. The molecule has 2 aromatic carbocycles. The number of amides is 2. The van der Waals surface area contributed by atoms with Gasteiger partial charge in [0.05, 0.1) is 11.9 Å². The zero-order valence-corrected chi connectivity index (χ0v) is 17.3. The van der Waals surface area contributed by atoms with Gasteiger partial charge in [0.25, 0.3) is 0 Å². The Bertz CT molecular complexity index is 1010. The lowest BCUT2D eigenvalue weighted by atomic mass is 10.1. The molecule has 0 saturated carbocycles. The Morgan fingerprint density at radius 2 is 1.86 bits per heavy atom. The first-order chi connectivity index (χ1) is 13.1. The molecule has 0 aromatic heterocycles. The van der Waals surface area contributed by atoms with E-state index in [1.807, 2.05) is 0 Å². The third-order valence-electron chi connectivity index (χ3n) is 4.25. The highest BCUT2D eigenvalue weighted by Gasteiger charge is 2.32. The second-order valence-electron chi connectivity index (χ2n) is 6.29. The van der Waals surface area contributed by atoms with E-state index in [0.717, 1.165) is 10.6 Å². The predicted molar refractivity (Wildman–Crippen MR) is 111 cm³/mol. The predicted octanol–water partition coefficient (Wildman–Crippen LogP) is 2.93. The summed E-state index contributed by atoms with van der Waals surface area (Å²) in [5.74, 6) is -1.14. The summed E-state index contributed by atoms with van der Waals surface area (Å²) in [6, 6.07) is 10.0. The minimum Gasteiger partial charge on any atom is -0.366 e. The fraction of sp³-hybridized carbons (Fsp3) is 0.263. The van der Waals surface area contributed by atoms with Crippen LogP contribution < -0.4 is 15.4 Å². The molecule has 7 nitrogen and oxygen atoms in total. The summed E-state index contributed by atoms with van der Waals surface area (Å²) in [6.45, 7) is 3.36. The Kier molecular flexibility index (Phi) is 6.69. The quantitative estimate of drug-likeness (QED) is 0.713. The third-order valence-corrected chi connectivity index (χ3v) is 5.66. The number of hydrogen-bond donors (Lipinski definition) is 2. The van der Waals surface area contributed by atoms with Crippen molar-refractivity contribution in [3.8, 4) is 0 Å². The van der Waals surface area contributed by atoms with Gasteiger partial charge in [0.1, 0.15) is 6.04 Å². The van der Waals surface area contributed by atoms with Crippen LogP contribution in [-0.4, -0.2) is 32.5 Å². The van der Waals surface area contributed by atoms with Crippen molar-refractivity contribution < 1.29 is 18.0 Å². The number of primary amides is 1. The highest BCUT2D eigenvalue weighted by molar-refractivity contribution is 7.92. The smallest absolute Gasteiger partial charge is 0.249 e. The van der Waals surface area contributed by atoms with Crippen molar-refractivity contribution in [2.75, 3.05) is 15.9 Å². The Hall–Kier alpha value is -2.58. The topological polar surface area (TPSA) is 110 Å². The Morgan fingerprint density at radius 3 is 2.39 bits per heavy atom. The lowest BCUT2D eigenvalue weighted by Gasteiger charge is -2.30.